The lowest BCUT2D eigenvalue weighted by atomic mass is 10.1. The maximum absolute atomic E-state index is 12.1. The maximum Gasteiger partial charge on any atom is 0.257 e. The molecule has 1 unspecified atom stereocenters. The van der Waals surface area contributed by atoms with Gasteiger partial charge in [-0.15, -0.1) is 0 Å². The van der Waals surface area contributed by atoms with E-state index in [1.54, 1.807) is 49.7 Å². The average Bonchev–Trinajstić information content (AvgIpc) is 3.02. The molecule has 6 nitrogen and oxygen atoms in total. The largest absolute Gasteiger partial charge is 0.497 e. The van der Waals surface area contributed by atoms with Crippen LogP contribution in [-0.2, 0) is 4.79 Å². The van der Waals surface area contributed by atoms with Crippen molar-refractivity contribution in [2.45, 2.75) is 6.10 Å². The first-order valence-electron chi connectivity index (χ1n) is 6.73. The molecule has 22 heavy (non-hydrogen) atoms. The van der Waals surface area contributed by atoms with Crippen LogP contribution in [-0.4, -0.2) is 28.3 Å². The van der Waals surface area contributed by atoms with Crippen LogP contribution >= 0.6 is 0 Å². The number of nitrogens with one attached hydrogen (secondary N) is 2. The topological polar surface area (TPSA) is 87.2 Å². The lowest BCUT2D eigenvalue weighted by Gasteiger charge is -2.12. The zero-order chi connectivity index (χ0) is 15.5. The summed E-state index contributed by atoms with van der Waals surface area (Å²) >= 11 is 0. The highest BCUT2D eigenvalue weighted by atomic mass is 16.5. The fourth-order valence-corrected chi connectivity index (χ4v) is 2.17. The monoisotopic (exact) mass is 297 g/mol. The fourth-order valence-electron chi connectivity index (χ4n) is 2.17. The van der Waals surface area contributed by atoms with E-state index in [1.165, 1.54) is 0 Å². The molecule has 0 saturated carbocycles. The highest BCUT2D eigenvalue weighted by molar-refractivity contribution is 5.96. The number of aliphatic hydroxyl groups is 1. The Morgan fingerprint density at radius 3 is 2.77 bits per heavy atom. The molecule has 0 spiro atoms. The number of nitrogens with zero attached hydrogens (tertiary/aromatic N) is 1. The van der Waals surface area contributed by atoms with Crippen molar-refractivity contribution < 1.29 is 14.6 Å². The number of carbonyl (C=O) groups excluding carboxylic acids is 1. The zero-order valence-corrected chi connectivity index (χ0v) is 11.9. The zero-order valence-electron chi connectivity index (χ0n) is 11.9. The first-order chi connectivity index (χ1) is 10.7. The molecule has 0 aliphatic carbocycles. The van der Waals surface area contributed by atoms with E-state index in [2.05, 4.69) is 15.5 Å². The van der Waals surface area contributed by atoms with Gasteiger partial charge in [0.1, 0.15) is 5.75 Å². The van der Waals surface area contributed by atoms with E-state index in [0.717, 1.165) is 10.9 Å². The van der Waals surface area contributed by atoms with Crippen LogP contribution < -0.4 is 10.1 Å². The van der Waals surface area contributed by atoms with Gasteiger partial charge in [-0.2, -0.15) is 5.10 Å². The van der Waals surface area contributed by atoms with Gasteiger partial charge in [0, 0.05) is 11.1 Å². The number of fused-ring (bicyclic) bond motifs is 1. The Labute approximate surface area is 126 Å². The van der Waals surface area contributed by atoms with Gasteiger partial charge in [0.15, 0.2) is 6.10 Å². The molecule has 3 rings (SSSR count). The summed E-state index contributed by atoms with van der Waals surface area (Å²) in [6.45, 7) is 0. The second kappa shape index (κ2) is 5.87. The van der Waals surface area contributed by atoms with Crippen molar-refractivity contribution in [2.24, 2.45) is 0 Å². The predicted octanol–water partition coefficient (Wildman–Crippen LogP) is 2.24. The number of H-pyrrole nitrogens is 1. The Kier molecular flexibility index (Phi) is 3.76. The summed E-state index contributed by atoms with van der Waals surface area (Å²) in [6, 6.07) is 12.1. The number of methoxy groups -OCH3 is 1. The quantitative estimate of drug-likeness (QED) is 0.689. The number of amides is 1. The van der Waals surface area contributed by atoms with E-state index in [-0.39, 0.29) is 0 Å². The third-order valence-electron chi connectivity index (χ3n) is 3.39. The van der Waals surface area contributed by atoms with Crippen LogP contribution in [0.15, 0.2) is 48.7 Å². The average molecular weight is 297 g/mol. The van der Waals surface area contributed by atoms with Gasteiger partial charge in [0.2, 0.25) is 0 Å². The molecule has 1 aromatic heterocycles. The number of anilines is 1. The van der Waals surface area contributed by atoms with Crippen LogP contribution in [0, 0.1) is 0 Å². The standard InChI is InChI=1S/C16H15N3O3/c1-22-13-5-2-10(3-6-13)15(20)16(21)18-12-4-7-14-11(8-12)9-17-19-14/h2-9,15,20H,1H3,(H,17,19)(H,18,21). The second-order valence-electron chi connectivity index (χ2n) is 4.84. The van der Waals surface area contributed by atoms with Gasteiger partial charge in [-0.3, -0.25) is 9.89 Å². The summed E-state index contributed by atoms with van der Waals surface area (Å²) in [5.41, 5.74) is 1.99. The summed E-state index contributed by atoms with van der Waals surface area (Å²) in [5, 5.41) is 20.4. The van der Waals surface area contributed by atoms with Crippen molar-refractivity contribution in [3.8, 4) is 5.75 Å². The summed E-state index contributed by atoms with van der Waals surface area (Å²) in [6.07, 6.45) is 0.427. The van der Waals surface area contributed by atoms with Gasteiger partial charge in [0.25, 0.3) is 5.91 Å². The SMILES string of the molecule is COc1ccc(C(O)C(=O)Nc2ccc3[nH]ncc3c2)cc1. The molecule has 0 bridgehead atoms. The van der Waals surface area contributed by atoms with E-state index in [0.29, 0.717) is 17.0 Å². The van der Waals surface area contributed by atoms with Crippen LogP contribution in [0.2, 0.25) is 0 Å². The molecule has 3 N–H and O–H groups in total. The lowest BCUT2D eigenvalue weighted by Crippen LogP contribution is -2.20. The molecule has 0 aliphatic rings. The van der Waals surface area contributed by atoms with Gasteiger partial charge < -0.3 is 15.2 Å². The number of rotatable bonds is 4. The number of aliphatic hydroxyl groups excluding tert-OH is 1. The van der Waals surface area contributed by atoms with E-state index in [9.17, 15) is 9.90 Å². The van der Waals surface area contributed by atoms with Crippen molar-refractivity contribution in [2.75, 3.05) is 12.4 Å². The maximum atomic E-state index is 12.1. The third kappa shape index (κ3) is 2.77. The second-order valence-corrected chi connectivity index (χ2v) is 4.84. The van der Waals surface area contributed by atoms with Crippen LogP contribution in [0.1, 0.15) is 11.7 Å². The number of hydrogen-bond acceptors (Lipinski definition) is 4. The number of ether oxygens (including phenoxy) is 1. The smallest absolute Gasteiger partial charge is 0.257 e. The first kappa shape index (κ1) is 14.1. The van der Waals surface area contributed by atoms with Gasteiger partial charge in [-0.1, -0.05) is 12.1 Å². The van der Waals surface area contributed by atoms with Gasteiger partial charge in [0.05, 0.1) is 18.8 Å². The Balaban J connectivity index is 1.74. The number of benzene rings is 2. The molecule has 112 valence electrons. The molecule has 2 aromatic carbocycles. The number of aromatic amines is 1. The van der Waals surface area contributed by atoms with E-state index in [4.69, 9.17) is 4.74 Å². The van der Waals surface area contributed by atoms with Gasteiger partial charge in [-0.25, -0.2) is 0 Å². The van der Waals surface area contributed by atoms with Crippen molar-refractivity contribution in [1.29, 1.82) is 0 Å². The summed E-state index contributed by atoms with van der Waals surface area (Å²) in [5.74, 6) is 0.176. The molecule has 6 heteroatoms. The molecule has 0 radical (unpaired) electrons. The molecule has 0 aliphatic heterocycles. The molecule has 1 atom stereocenters. The molecular weight excluding hydrogens is 282 g/mol. The third-order valence-corrected chi connectivity index (χ3v) is 3.39. The molecule has 1 heterocycles. The van der Waals surface area contributed by atoms with E-state index >= 15 is 0 Å². The molecule has 0 fully saturated rings. The number of hydrogen-bond donors (Lipinski definition) is 3. The minimum atomic E-state index is -1.24. The Bertz CT molecular complexity index is 796. The molecule has 3 aromatic rings. The van der Waals surface area contributed by atoms with Crippen molar-refractivity contribution in [3.05, 3.63) is 54.2 Å². The van der Waals surface area contributed by atoms with Crippen LogP contribution in [0.3, 0.4) is 0 Å². The van der Waals surface area contributed by atoms with Crippen molar-refractivity contribution >= 4 is 22.5 Å². The van der Waals surface area contributed by atoms with E-state index in [1.807, 2.05) is 6.07 Å². The Morgan fingerprint density at radius 1 is 1.27 bits per heavy atom. The Hall–Kier alpha value is -2.86. The predicted molar refractivity (Wildman–Crippen MR) is 82.7 cm³/mol. The highest BCUT2D eigenvalue weighted by Gasteiger charge is 2.17. The molecule has 1 amide bonds. The summed E-state index contributed by atoms with van der Waals surface area (Å²) < 4.78 is 5.05. The summed E-state index contributed by atoms with van der Waals surface area (Å²) in [4.78, 5) is 12.1. The lowest BCUT2D eigenvalue weighted by molar-refractivity contribution is -0.124. The van der Waals surface area contributed by atoms with Crippen molar-refractivity contribution in [3.63, 3.8) is 0 Å². The Morgan fingerprint density at radius 2 is 2.05 bits per heavy atom. The summed E-state index contributed by atoms with van der Waals surface area (Å²) in [7, 11) is 1.56. The number of aromatic nitrogens is 2. The van der Waals surface area contributed by atoms with Gasteiger partial charge >= 0.3 is 0 Å². The van der Waals surface area contributed by atoms with Crippen LogP contribution in [0.25, 0.3) is 10.9 Å². The van der Waals surface area contributed by atoms with Crippen LogP contribution in [0.5, 0.6) is 5.75 Å². The normalized spacial score (nSPS) is 12.1. The molecular formula is C16H15N3O3. The molecule has 0 saturated heterocycles. The van der Waals surface area contributed by atoms with E-state index < -0.39 is 12.0 Å². The fraction of sp³-hybridized carbons (Fsp3) is 0.125. The highest BCUT2D eigenvalue weighted by Crippen LogP contribution is 2.21. The minimum Gasteiger partial charge on any atom is -0.497 e. The van der Waals surface area contributed by atoms with Crippen molar-refractivity contribution in [1.82, 2.24) is 10.2 Å². The minimum absolute atomic E-state index is 0.493. The number of carbonyl (C=O) groups is 1. The van der Waals surface area contributed by atoms with Gasteiger partial charge in [-0.05, 0) is 35.9 Å². The first-order valence-corrected chi connectivity index (χ1v) is 6.73. The van der Waals surface area contributed by atoms with Crippen LogP contribution in [0.4, 0.5) is 5.69 Å².